The molecule has 0 radical (unpaired) electrons. The second-order valence-electron chi connectivity index (χ2n) is 8.91. The zero-order chi connectivity index (χ0) is 23.3. The van der Waals surface area contributed by atoms with Crippen LogP contribution < -0.4 is 4.90 Å². The van der Waals surface area contributed by atoms with Gasteiger partial charge in [0.15, 0.2) is 0 Å². The second kappa shape index (κ2) is 9.80. The van der Waals surface area contributed by atoms with Crippen LogP contribution in [0.4, 0.5) is 17.1 Å². The summed E-state index contributed by atoms with van der Waals surface area (Å²) in [5.41, 5.74) is 9.74. The third-order valence-corrected chi connectivity index (χ3v) is 6.26. The van der Waals surface area contributed by atoms with Crippen LogP contribution in [-0.2, 0) is 0 Å². The van der Waals surface area contributed by atoms with Gasteiger partial charge in [0, 0.05) is 17.1 Å². The van der Waals surface area contributed by atoms with Crippen molar-refractivity contribution in [1.29, 1.82) is 0 Å². The molecule has 1 nitrogen and oxygen atoms in total. The van der Waals surface area contributed by atoms with Crippen molar-refractivity contribution in [3.8, 4) is 22.3 Å². The van der Waals surface area contributed by atoms with E-state index in [4.69, 9.17) is 0 Å². The number of nitrogens with zero attached hydrogens (tertiary/aromatic N) is 1. The molecule has 0 fully saturated rings. The smallest absolute Gasteiger partial charge is 0.0462 e. The predicted octanol–water partition coefficient (Wildman–Crippen LogP) is 9.61. The maximum Gasteiger partial charge on any atom is 0.0462 e. The van der Waals surface area contributed by atoms with Crippen LogP contribution in [0.1, 0.15) is 25.3 Å². The van der Waals surface area contributed by atoms with Crippen LogP contribution in [0.5, 0.6) is 0 Å². The first-order valence-electron chi connectivity index (χ1n) is 11.9. The summed E-state index contributed by atoms with van der Waals surface area (Å²) < 4.78 is 0. The summed E-state index contributed by atoms with van der Waals surface area (Å²) in [5.74, 6) is 0.520. The van der Waals surface area contributed by atoms with Crippen LogP contribution in [-0.4, -0.2) is 0 Å². The summed E-state index contributed by atoms with van der Waals surface area (Å²) in [5, 5.41) is 0. The van der Waals surface area contributed by atoms with Gasteiger partial charge in [0.1, 0.15) is 0 Å². The zero-order valence-electron chi connectivity index (χ0n) is 19.7. The first-order chi connectivity index (χ1) is 16.7. The van der Waals surface area contributed by atoms with Crippen LogP contribution in [0, 0.1) is 0 Å². The molecule has 0 heterocycles. The van der Waals surface area contributed by atoms with Crippen molar-refractivity contribution in [1.82, 2.24) is 0 Å². The molecule has 0 aliphatic carbocycles. The SMILES string of the molecule is CC(C)c1cccc(-c2ccc(N(c3ccccc3)c3ccc(-c4ccccc4)cc3)cc2)c1. The van der Waals surface area contributed by atoms with E-state index < -0.39 is 0 Å². The zero-order valence-corrected chi connectivity index (χ0v) is 19.7. The lowest BCUT2D eigenvalue weighted by atomic mass is 9.97. The highest BCUT2D eigenvalue weighted by atomic mass is 15.1. The van der Waals surface area contributed by atoms with Gasteiger partial charge >= 0.3 is 0 Å². The fraction of sp³-hybridized carbons (Fsp3) is 0.0909. The van der Waals surface area contributed by atoms with E-state index in [0.29, 0.717) is 5.92 Å². The number of benzene rings is 5. The van der Waals surface area contributed by atoms with Gasteiger partial charge in [-0.1, -0.05) is 111 Å². The molecule has 0 saturated heterocycles. The lowest BCUT2D eigenvalue weighted by molar-refractivity contribution is 0.867. The van der Waals surface area contributed by atoms with E-state index in [1.807, 2.05) is 0 Å². The number of hydrogen-bond donors (Lipinski definition) is 0. The van der Waals surface area contributed by atoms with E-state index >= 15 is 0 Å². The first kappa shape index (κ1) is 21.7. The molecule has 5 aromatic rings. The molecule has 34 heavy (non-hydrogen) atoms. The Morgan fingerprint density at radius 3 is 1.41 bits per heavy atom. The van der Waals surface area contributed by atoms with E-state index in [9.17, 15) is 0 Å². The van der Waals surface area contributed by atoms with Gasteiger partial charge < -0.3 is 4.90 Å². The van der Waals surface area contributed by atoms with Crippen molar-refractivity contribution >= 4 is 17.1 Å². The summed E-state index contributed by atoms with van der Waals surface area (Å²) in [6.07, 6.45) is 0. The van der Waals surface area contributed by atoms with Crippen LogP contribution >= 0.6 is 0 Å². The number of hydrogen-bond acceptors (Lipinski definition) is 1. The highest BCUT2D eigenvalue weighted by Crippen LogP contribution is 2.36. The Bertz CT molecular complexity index is 1340. The molecule has 0 bridgehead atoms. The van der Waals surface area contributed by atoms with Crippen molar-refractivity contribution < 1.29 is 0 Å². The Hall–Kier alpha value is -4.10. The van der Waals surface area contributed by atoms with Crippen molar-refractivity contribution in [2.75, 3.05) is 4.90 Å². The Morgan fingerprint density at radius 2 is 0.853 bits per heavy atom. The lowest BCUT2D eigenvalue weighted by Crippen LogP contribution is -2.09. The third-order valence-electron chi connectivity index (χ3n) is 6.26. The van der Waals surface area contributed by atoms with Crippen molar-refractivity contribution in [3.63, 3.8) is 0 Å². The van der Waals surface area contributed by atoms with Crippen molar-refractivity contribution in [2.24, 2.45) is 0 Å². The van der Waals surface area contributed by atoms with Gasteiger partial charge in [0.2, 0.25) is 0 Å². The maximum absolute atomic E-state index is 2.31. The van der Waals surface area contributed by atoms with E-state index in [1.165, 1.54) is 27.8 Å². The maximum atomic E-state index is 2.31. The molecule has 5 aromatic carbocycles. The topological polar surface area (TPSA) is 3.24 Å². The van der Waals surface area contributed by atoms with Crippen LogP contribution in [0.3, 0.4) is 0 Å². The Morgan fingerprint density at radius 1 is 0.412 bits per heavy atom. The van der Waals surface area contributed by atoms with Gasteiger partial charge in [0.25, 0.3) is 0 Å². The minimum absolute atomic E-state index is 0.520. The van der Waals surface area contributed by atoms with E-state index in [0.717, 1.165) is 17.1 Å². The molecular formula is C33H29N. The Kier molecular flexibility index (Phi) is 6.27. The van der Waals surface area contributed by atoms with Crippen LogP contribution in [0.15, 0.2) is 133 Å². The summed E-state index contributed by atoms with van der Waals surface area (Å²) >= 11 is 0. The molecular weight excluding hydrogens is 410 g/mol. The average Bonchev–Trinajstić information content (AvgIpc) is 2.91. The van der Waals surface area contributed by atoms with Crippen molar-refractivity contribution in [2.45, 2.75) is 19.8 Å². The standard InChI is InChI=1S/C33H29N/c1-25(2)29-12-9-13-30(24-29)28-18-22-33(23-19-28)34(31-14-7-4-8-15-31)32-20-16-27(17-21-32)26-10-5-3-6-11-26/h3-25H,1-2H3. The third kappa shape index (κ3) is 4.65. The molecule has 0 N–H and O–H groups in total. The fourth-order valence-corrected chi connectivity index (χ4v) is 4.34. The van der Waals surface area contributed by atoms with Gasteiger partial charge in [-0.15, -0.1) is 0 Å². The first-order valence-corrected chi connectivity index (χ1v) is 11.9. The van der Waals surface area contributed by atoms with Crippen LogP contribution in [0.2, 0.25) is 0 Å². The minimum Gasteiger partial charge on any atom is -0.311 e. The molecule has 0 amide bonds. The number of rotatable bonds is 6. The molecule has 0 spiro atoms. The number of anilines is 3. The van der Waals surface area contributed by atoms with Gasteiger partial charge in [-0.2, -0.15) is 0 Å². The van der Waals surface area contributed by atoms with Crippen LogP contribution in [0.25, 0.3) is 22.3 Å². The Labute approximate surface area is 203 Å². The largest absolute Gasteiger partial charge is 0.311 e. The van der Waals surface area contributed by atoms with Gasteiger partial charge in [-0.3, -0.25) is 0 Å². The highest BCUT2D eigenvalue weighted by molar-refractivity contribution is 5.79. The van der Waals surface area contributed by atoms with E-state index in [1.54, 1.807) is 0 Å². The van der Waals surface area contributed by atoms with Gasteiger partial charge in [0.05, 0.1) is 0 Å². The number of para-hydroxylation sites is 1. The molecule has 0 saturated carbocycles. The minimum atomic E-state index is 0.520. The fourth-order valence-electron chi connectivity index (χ4n) is 4.34. The van der Waals surface area contributed by atoms with E-state index in [2.05, 4.69) is 152 Å². The normalized spacial score (nSPS) is 10.9. The van der Waals surface area contributed by atoms with Crippen molar-refractivity contribution in [3.05, 3.63) is 139 Å². The highest BCUT2D eigenvalue weighted by Gasteiger charge is 2.13. The monoisotopic (exact) mass is 439 g/mol. The summed E-state index contributed by atoms with van der Waals surface area (Å²) in [6, 6.07) is 47.6. The molecule has 1 heteroatoms. The van der Waals surface area contributed by atoms with Gasteiger partial charge in [-0.05, 0) is 70.1 Å². The molecule has 0 aliphatic heterocycles. The summed E-state index contributed by atoms with van der Waals surface area (Å²) in [6.45, 7) is 4.48. The second-order valence-corrected chi connectivity index (χ2v) is 8.91. The Balaban J connectivity index is 1.50. The molecule has 5 rings (SSSR count). The molecule has 0 atom stereocenters. The molecule has 166 valence electrons. The average molecular weight is 440 g/mol. The molecule has 0 aliphatic rings. The summed E-state index contributed by atoms with van der Waals surface area (Å²) in [4.78, 5) is 2.31. The van der Waals surface area contributed by atoms with E-state index in [-0.39, 0.29) is 0 Å². The quantitative estimate of drug-likeness (QED) is 0.254. The lowest BCUT2D eigenvalue weighted by Gasteiger charge is -2.26. The summed E-state index contributed by atoms with van der Waals surface area (Å²) in [7, 11) is 0. The van der Waals surface area contributed by atoms with Gasteiger partial charge in [-0.25, -0.2) is 0 Å². The predicted molar refractivity (Wildman–Crippen MR) is 146 cm³/mol. The molecule has 0 aromatic heterocycles. The molecule has 0 unspecified atom stereocenters.